The largest absolute Gasteiger partial charge is 0.395 e. The van der Waals surface area contributed by atoms with Crippen molar-refractivity contribution in [2.24, 2.45) is 0 Å². The molecular weight excluding hydrogens is 214 g/mol. The summed E-state index contributed by atoms with van der Waals surface area (Å²) in [5.74, 6) is 0.000108. The number of aliphatic hydroxyl groups is 1. The van der Waals surface area contributed by atoms with Gasteiger partial charge in [0.1, 0.15) is 0 Å². The van der Waals surface area contributed by atoms with Crippen LogP contribution in [0.3, 0.4) is 0 Å². The van der Waals surface area contributed by atoms with E-state index in [9.17, 15) is 4.79 Å². The Morgan fingerprint density at radius 3 is 2.60 bits per heavy atom. The van der Waals surface area contributed by atoms with Gasteiger partial charge < -0.3 is 10.4 Å². The number of hydrogen-bond acceptors (Lipinski definition) is 3. The van der Waals surface area contributed by atoms with Crippen molar-refractivity contribution < 1.29 is 9.90 Å². The highest BCUT2D eigenvalue weighted by atomic mass is 35.5. The zero-order chi connectivity index (χ0) is 11.3. The van der Waals surface area contributed by atoms with Gasteiger partial charge in [0.15, 0.2) is 5.78 Å². The van der Waals surface area contributed by atoms with Gasteiger partial charge in [0.2, 0.25) is 0 Å². The fourth-order valence-corrected chi connectivity index (χ4v) is 1.36. The second-order valence-corrected chi connectivity index (χ2v) is 3.71. The van der Waals surface area contributed by atoms with Gasteiger partial charge in [-0.25, -0.2) is 0 Å². The number of nitrogens with one attached hydrogen (secondary N) is 1. The summed E-state index contributed by atoms with van der Waals surface area (Å²) in [6.07, 6.45) is 0. The molecule has 0 aliphatic carbocycles. The summed E-state index contributed by atoms with van der Waals surface area (Å²) in [6, 6.07) is 6.48. The SMILES string of the molecule is CC(NCCO)C(=O)c1ccc(Cl)cc1. The lowest BCUT2D eigenvalue weighted by Crippen LogP contribution is -2.35. The molecule has 0 bridgehead atoms. The molecule has 3 nitrogen and oxygen atoms in total. The average molecular weight is 228 g/mol. The molecule has 0 radical (unpaired) electrons. The normalized spacial score (nSPS) is 12.5. The quantitative estimate of drug-likeness (QED) is 0.750. The third-order valence-corrected chi connectivity index (χ3v) is 2.34. The molecule has 0 aliphatic heterocycles. The van der Waals surface area contributed by atoms with Crippen LogP contribution in [0.1, 0.15) is 17.3 Å². The molecule has 15 heavy (non-hydrogen) atoms. The van der Waals surface area contributed by atoms with Crippen LogP contribution < -0.4 is 5.32 Å². The number of halogens is 1. The number of rotatable bonds is 5. The number of aliphatic hydroxyl groups excluding tert-OH is 1. The van der Waals surface area contributed by atoms with Crippen LogP contribution >= 0.6 is 11.6 Å². The first-order chi connectivity index (χ1) is 7.15. The van der Waals surface area contributed by atoms with Crippen molar-refractivity contribution in [1.82, 2.24) is 5.32 Å². The molecule has 0 heterocycles. The lowest BCUT2D eigenvalue weighted by atomic mass is 10.1. The van der Waals surface area contributed by atoms with Crippen molar-refractivity contribution in [3.8, 4) is 0 Å². The van der Waals surface area contributed by atoms with Crippen LogP contribution in [-0.2, 0) is 0 Å². The Kier molecular flexibility index (Phi) is 4.75. The maximum absolute atomic E-state index is 11.8. The molecule has 0 aromatic heterocycles. The predicted octanol–water partition coefficient (Wildman–Crippen LogP) is 1.49. The molecule has 1 atom stereocenters. The molecule has 0 saturated heterocycles. The van der Waals surface area contributed by atoms with E-state index in [0.29, 0.717) is 17.1 Å². The summed E-state index contributed by atoms with van der Waals surface area (Å²) in [6.45, 7) is 2.21. The lowest BCUT2D eigenvalue weighted by Gasteiger charge is -2.11. The van der Waals surface area contributed by atoms with Gasteiger partial charge in [0.05, 0.1) is 12.6 Å². The maximum atomic E-state index is 11.8. The molecule has 1 unspecified atom stereocenters. The van der Waals surface area contributed by atoms with Gasteiger partial charge in [0, 0.05) is 17.1 Å². The molecule has 0 fully saturated rings. The van der Waals surface area contributed by atoms with Crippen LogP contribution in [0.15, 0.2) is 24.3 Å². The minimum absolute atomic E-state index is 0.000108. The molecule has 4 heteroatoms. The Morgan fingerprint density at radius 2 is 2.07 bits per heavy atom. The van der Waals surface area contributed by atoms with Gasteiger partial charge in [-0.05, 0) is 31.2 Å². The zero-order valence-corrected chi connectivity index (χ0v) is 9.29. The highest BCUT2D eigenvalue weighted by Gasteiger charge is 2.13. The Labute approximate surface area is 94.1 Å². The predicted molar refractivity (Wildman–Crippen MR) is 60.3 cm³/mol. The Morgan fingerprint density at radius 1 is 1.47 bits per heavy atom. The van der Waals surface area contributed by atoms with Crippen molar-refractivity contribution in [2.45, 2.75) is 13.0 Å². The molecule has 82 valence electrons. The standard InChI is InChI=1S/C11H14ClNO2/c1-8(13-6-7-14)11(15)9-2-4-10(12)5-3-9/h2-5,8,13-14H,6-7H2,1H3. The number of hydrogen-bond donors (Lipinski definition) is 2. The highest BCUT2D eigenvalue weighted by molar-refractivity contribution is 6.30. The summed E-state index contributed by atoms with van der Waals surface area (Å²) < 4.78 is 0. The van der Waals surface area contributed by atoms with Gasteiger partial charge >= 0.3 is 0 Å². The topological polar surface area (TPSA) is 49.3 Å². The van der Waals surface area contributed by atoms with E-state index >= 15 is 0 Å². The van der Waals surface area contributed by atoms with Crippen molar-refractivity contribution in [1.29, 1.82) is 0 Å². The second-order valence-electron chi connectivity index (χ2n) is 3.27. The molecular formula is C11H14ClNO2. The third kappa shape index (κ3) is 3.63. The summed E-state index contributed by atoms with van der Waals surface area (Å²) in [7, 11) is 0. The monoisotopic (exact) mass is 227 g/mol. The second kappa shape index (κ2) is 5.85. The van der Waals surface area contributed by atoms with Crippen molar-refractivity contribution in [2.75, 3.05) is 13.2 Å². The number of carbonyl (C=O) groups is 1. The molecule has 0 spiro atoms. The smallest absolute Gasteiger partial charge is 0.179 e. The Hall–Kier alpha value is -0.900. The van der Waals surface area contributed by atoms with Crippen LogP contribution in [0, 0.1) is 0 Å². The summed E-state index contributed by atoms with van der Waals surface area (Å²) in [5, 5.41) is 12.1. The van der Waals surface area contributed by atoms with Crippen LogP contribution in [0.4, 0.5) is 0 Å². The fraction of sp³-hybridized carbons (Fsp3) is 0.364. The van der Waals surface area contributed by atoms with E-state index in [1.54, 1.807) is 31.2 Å². The van der Waals surface area contributed by atoms with Gasteiger partial charge in [-0.2, -0.15) is 0 Å². The first kappa shape index (κ1) is 12.2. The van der Waals surface area contributed by atoms with Gasteiger partial charge in [-0.1, -0.05) is 11.6 Å². The maximum Gasteiger partial charge on any atom is 0.179 e. The van der Waals surface area contributed by atoms with Crippen LogP contribution in [0.5, 0.6) is 0 Å². The van der Waals surface area contributed by atoms with E-state index in [-0.39, 0.29) is 18.4 Å². The van der Waals surface area contributed by atoms with Crippen molar-refractivity contribution >= 4 is 17.4 Å². The van der Waals surface area contributed by atoms with E-state index in [4.69, 9.17) is 16.7 Å². The van der Waals surface area contributed by atoms with Crippen LogP contribution in [0.2, 0.25) is 5.02 Å². The van der Waals surface area contributed by atoms with Gasteiger partial charge in [-0.3, -0.25) is 4.79 Å². The first-order valence-electron chi connectivity index (χ1n) is 4.79. The fourth-order valence-electron chi connectivity index (χ4n) is 1.24. The van der Waals surface area contributed by atoms with E-state index in [2.05, 4.69) is 5.32 Å². The van der Waals surface area contributed by atoms with Gasteiger partial charge in [0.25, 0.3) is 0 Å². The minimum atomic E-state index is -0.293. The molecule has 0 amide bonds. The third-order valence-electron chi connectivity index (χ3n) is 2.08. The molecule has 0 saturated carbocycles. The van der Waals surface area contributed by atoms with Crippen LogP contribution in [0.25, 0.3) is 0 Å². The van der Waals surface area contributed by atoms with E-state index < -0.39 is 0 Å². The van der Waals surface area contributed by atoms with Gasteiger partial charge in [-0.15, -0.1) is 0 Å². The minimum Gasteiger partial charge on any atom is -0.395 e. The summed E-state index contributed by atoms with van der Waals surface area (Å²) in [5.41, 5.74) is 0.623. The average Bonchev–Trinajstić information content (AvgIpc) is 2.26. The highest BCUT2D eigenvalue weighted by Crippen LogP contribution is 2.11. The number of benzene rings is 1. The first-order valence-corrected chi connectivity index (χ1v) is 5.17. The molecule has 1 aromatic rings. The number of Topliss-reactive ketones (excluding diaryl/α,β-unsaturated/α-hetero) is 1. The number of ketones is 1. The summed E-state index contributed by atoms with van der Waals surface area (Å²) >= 11 is 5.72. The van der Waals surface area contributed by atoms with Crippen molar-refractivity contribution in [3.05, 3.63) is 34.9 Å². The molecule has 0 aliphatic rings. The van der Waals surface area contributed by atoms with E-state index in [0.717, 1.165) is 0 Å². The Bertz CT molecular complexity index is 324. The van der Waals surface area contributed by atoms with Crippen LogP contribution in [-0.4, -0.2) is 30.1 Å². The lowest BCUT2D eigenvalue weighted by molar-refractivity contribution is 0.0948. The van der Waals surface area contributed by atoms with E-state index in [1.807, 2.05) is 0 Å². The molecule has 2 N–H and O–H groups in total. The zero-order valence-electron chi connectivity index (χ0n) is 8.53. The van der Waals surface area contributed by atoms with E-state index in [1.165, 1.54) is 0 Å². The molecule has 1 rings (SSSR count). The number of carbonyl (C=O) groups excluding carboxylic acids is 1. The Balaban J connectivity index is 2.63. The summed E-state index contributed by atoms with van der Waals surface area (Å²) in [4.78, 5) is 11.8. The molecule has 1 aromatic carbocycles. The van der Waals surface area contributed by atoms with Crippen molar-refractivity contribution in [3.63, 3.8) is 0 Å².